The Balaban J connectivity index is 2.25. The van der Waals surface area contributed by atoms with Gasteiger partial charge in [-0.05, 0) is 28.2 Å². The fraction of sp³-hybridized carbons (Fsp3) is 0.300. The van der Waals surface area contributed by atoms with Crippen LogP contribution in [0.25, 0.3) is 0 Å². The van der Waals surface area contributed by atoms with E-state index in [4.69, 9.17) is 0 Å². The Morgan fingerprint density at radius 2 is 2.29 bits per heavy atom. The Morgan fingerprint density at radius 1 is 1.47 bits per heavy atom. The van der Waals surface area contributed by atoms with Crippen LogP contribution in [0, 0.1) is 0 Å². The summed E-state index contributed by atoms with van der Waals surface area (Å²) in [4.78, 5) is 12.7. The number of hydrogen-bond donors (Lipinski definition) is 1. The van der Waals surface area contributed by atoms with Gasteiger partial charge in [0.1, 0.15) is 9.41 Å². The summed E-state index contributed by atoms with van der Waals surface area (Å²) in [5.41, 5.74) is 2.84. The van der Waals surface area contributed by atoms with Crippen LogP contribution in [0.2, 0.25) is 0 Å². The van der Waals surface area contributed by atoms with Crippen LogP contribution < -0.4 is 0 Å². The molecule has 0 bridgehead atoms. The van der Waals surface area contributed by atoms with Crippen molar-refractivity contribution in [1.82, 2.24) is 15.0 Å². The smallest absolute Gasteiger partial charge is 0.128 e. The molecule has 0 saturated carbocycles. The molecule has 0 amide bonds. The van der Waals surface area contributed by atoms with Gasteiger partial charge in [-0.1, -0.05) is 22.6 Å². The number of rotatable bonds is 3. The van der Waals surface area contributed by atoms with Gasteiger partial charge in [0.15, 0.2) is 0 Å². The third-order valence-electron chi connectivity index (χ3n) is 2.28. The number of aromatic nitrogens is 2. The number of halogens is 2. The van der Waals surface area contributed by atoms with E-state index in [1.807, 2.05) is 0 Å². The molecule has 0 aromatic carbocycles. The molecular formula is C10H10I2N4O. The molecule has 1 aromatic rings. The molecule has 7 heteroatoms. The van der Waals surface area contributed by atoms with Gasteiger partial charge >= 0.3 is 0 Å². The number of nitrogens with zero attached hydrogens (tertiary/aromatic N) is 4. The summed E-state index contributed by atoms with van der Waals surface area (Å²) < 4.78 is 1.67. The zero-order valence-corrected chi connectivity index (χ0v) is 13.2. The first kappa shape index (κ1) is 13.3. The van der Waals surface area contributed by atoms with Gasteiger partial charge in [0, 0.05) is 23.4 Å². The number of aliphatic imine (C=N–C) groups is 1. The molecule has 1 aromatic heterocycles. The van der Waals surface area contributed by atoms with Gasteiger partial charge in [0.2, 0.25) is 0 Å². The second-order valence-corrected chi connectivity index (χ2v) is 5.28. The highest BCUT2D eigenvalue weighted by atomic mass is 127. The van der Waals surface area contributed by atoms with E-state index in [1.165, 1.54) is 5.06 Å². The molecule has 1 aliphatic rings. The van der Waals surface area contributed by atoms with Gasteiger partial charge in [-0.15, -0.1) is 0 Å². The van der Waals surface area contributed by atoms with E-state index in [-0.39, 0.29) is 0 Å². The summed E-state index contributed by atoms with van der Waals surface area (Å²) in [6.07, 6.45) is 4.96. The lowest BCUT2D eigenvalue weighted by Gasteiger charge is -2.03. The van der Waals surface area contributed by atoms with Crippen molar-refractivity contribution in [3.05, 3.63) is 35.6 Å². The van der Waals surface area contributed by atoms with Crippen molar-refractivity contribution in [1.29, 1.82) is 0 Å². The summed E-state index contributed by atoms with van der Waals surface area (Å²) in [5.74, 6) is 0. The molecule has 17 heavy (non-hydrogen) atoms. The first-order chi connectivity index (χ1) is 8.20. The van der Waals surface area contributed by atoms with Gasteiger partial charge in [-0.2, -0.15) is 5.06 Å². The Bertz CT molecular complexity index is 461. The minimum atomic E-state index is 0.477. The second kappa shape index (κ2) is 6.16. The first-order valence-electron chi connectivity index (χ1n) is 4.92. The standard InChI is InChI=1S/C10H10I2N4O/c11-3-7-5-16(17)6-9(7)15-10(12)8-4-13-1-2-14-8/h1-2,4,17H,3,5-6H2. The largest absolute Gasteiger partial charge is 0.313 e. The van der Waals surface area contributed by atoms with Crippen molar-refractivity contribution in [2.75, 3.05) is 17.5 Å². The Morgan fingerprint density at radius 3 is 2.94 bits per heavy atom. The zero-order valence-electron chi connectivity index (χ0n) is 8.85. The van der Waals surface area contributed by atoms with Crippen molar-refractivity contribution in [2.24, 2.45) is 4.99 Å². The average Bonchev–Trinajstić information content (AvgIpc) is 2.70. The van der Waals surface area contributed by atoms with E-state index in [0.29, 0.717) is 13.1 Å². The van der Waals surface area contributed by atoms with Gasteiger partial charge < -0.3 is 5.21 Å². The maximum Gasteiger partial charge on any atom is 0.128 e. The summed E-state index contributed by atoms with van der Waals surface area (Å²) >= 11 is 4.42. The van der Waals surface area contributed by atoms with Crippen LogP contribution in [0.4, 0.5) is 0 Å². The van der Waals surface area contributed by atoms with Gasteiger partial charge in [-0.25, -0.2) is 4.99 Å². The molecule has 0 fully saturated rings. The van der Waals surface area contributed by atoms with E-state index in [9.17, 15) is 5.21 Å². The van der Waals surface area contributed by atoms with E-state index >= 15 is 0 Å². The van der Waals surface area contributed by atoms with E-state index in [2.05, 4.69) is 60.1 Å². The topological polar surface area (TPSA) is 61.6 Å². The summed E-state index contributed by atoms with van der Waals surface area (Å²) in [7, 11) is 0. The molecule has 1 aliphatic heterocycles. The van der Waals surface area contributed by atoms with Crippen LogP contribution in [0.15, 0.2) is 34.9 Å². The van der Waals surface area contributed by atoms with E-state index in [0.717, 1.165) is 25.1 Å². The highest BCUT2D eigenvalue weighted by Crippen LogP contribution is 2.20. The quantitative estimate of drug-likeness (QED) is 0.430. The Kier molecular flexibility index (Phi) is 4.82. The van der Waals surface area contributed by atoms with Crippen molar-refractivity contribution in [3.63, 3.8) is 0 Å². The fourth-order valence-electron chi connectivity index (χ4n) is 1.47. The number of hydrogen-bond acceptors (Lipinski definition) is 5. The lowest BCUT2D eigenvalue weighted by molar-refractivity contribution is -0.0650. The van der Waals surface area contributed by atoms with Crippen LogP contribution in [-0.4, -0.2) is 41.5 Å². The monoisotopic (exact) mass is 456 g/mol. The van der Waals surface area contributed by atoms with Crippen molar-refractivity contribution < 1.29 is 5.21 Å². The highest BCUT2D eigenvalue weighted by molar-refractivity contribution is 14.1. The molecule has 0 saturated heterocycles. The molecule has 5 nitrogen and oxygen atoms in total. The molecule has 0 unspecified atom stereocenters. The molecule has 0 spiro atoms. The third-order valence-corrected chi connectivity index (χ3v) is 4.00. The molecule has 2 rings (SSSR count). The predicted molar refractivity (Wildman–Crippen MR) is 81.9 cm³/mol. The first-order valence-corrected chi connectivity index (χ1v) is 7.52. The minimum Gasteiger partial charge on any atom is -0.313 e. The number of hydroxylamine groups is 2. The van der Waals surface area contributed by atoms with Gasteiger partial charge in [-0.3, -0.25) is 9.97 Å². The summed E-state index contributed by atoms with van der Waals surface area (Å²) in [5, 5.41) is 10.7. The van der Waals surface area contributed by atoms with Crippen LogP contribution in [0.1, 0.15) is 5.69 Å². The fourth-order valence-corrected chi connectivity index (χ4v) is 2.72. The summed E-state index contributed by atoms with van der Waals surface area (Å²) in [6, 6.07) is 0. The zero-order chi connectivity index (χ0) is 12.3. The number of alkyl halides is 1. The maximum absolute atomic E-state index is 9.47. The van der Waals surface area contributed by atoms with E-state index in [1.54, 1.807) is 18.6 Å². The van der Waals surface area contributed by atoms with Crippen molar-refractivity contribution >= 4 is 48.9 Å². The average molecular weight is 456 g/mol. The van der Waals surface area contributed by atoms with E-state index < -0.39 is 0 Å². The van der Waals surface area contributed by atoms with Crippen LogP contribution >= 0.6 is 45.2 Å². The molecule has 0 radical (unpaired) electrons. The lowest BCUT2D eigenvalue weighted by Crippen LogP contribution is -2.15. The predicted octanol–water partition coefficient (Wildman–Crippen LogP) is 2.05. The van der Waals surface area contributed by atoms with Crippen molar-refractivity contribution in [3.8, 4) is 0 Å². The minimum absolute atomic E-state index is 0.477. The molecule has 0 atom stereocenters. The second-order valence-electron chi connectivity index (χ2n) is 3.50. The van der Waals surface area contributed by atoms with Gasteiger partial charge in [0.05, 0.1) is 18.4 Å². The normalized spacial score (nSPS) is 17.9. The molecular weight excluding hydrogens is 446 g/mol. The van der Waals surface area contributed by atoms with Crippen LogP contribution in [-0.2, 0) is 0 Å². The van der Waals surface area contributed by atoms with Gasteiger partial charge in [0.25, 0.3) is 0 Å². The van der Waals surface area contributed by atoms with Crippen molar-refractivity contribution in [2.45, 2.75) is 0 Å². The van der Waals surface area contributed by atoms with Crippen LogP contribution in [0.5, 0.6) is 0 Å². The molecule has 90 valence electrons. The SMILES string of the molecule is ON1CC(CI)=C(N=C(I)c2cnccn2)C1. The molecule has 0 aliphatic carbocycles. The maximum atomic E-state index is 9.47. The van der Waals surface area contributed by atoms with Crippen LogP contribution in [0.3, 0.4) is 0 Å². The Hall–Kier alpha value is -0.130. The molecule has 1 N–H and O–H groups in total. The molecule has 2 heterocycles. The third kappa shape index (κ3) is 3.42. The summed E-state index contributed by atoms with van der Waals surface area (Å²) in [6.45, 7) is 1.05. The lowest BCUT2D eigenvalue weighted by atomic mass is 10.3. The highest BCUT2D eigenvalue weighted by Gasteiger charge is 2.19. The Labute approximate surface area is 126 Å².